The number of hydrogen-bond donors (Lipinski definition) is 1. The quantitative estimate of drug-likeness (QED) is 0.609. The number of ether oxygens (including phenoxy) is 1. The van der Waals surface area contributed by atoms with E-state index in [1.54, 1.807) is 0 Å². The second kappa shape index (κ2) is 5.67. The third-order valence-corrected chi connectivity index (χ3v) is 4.15. The molecule has 0 aromatic heterocycles. The molecule has 0 atom stereocenters. The Morgan fingerprint density at radius 2 is 1.67 bits per heavy atom. The summed E-state index contributed by atoms with van der Waals surface area (Å²) in [5, 5.41) is 8.43. The van der Waals surface area contributed by atoms with E-state index in [1.807, 2.05) is 0 Å². The zero-order valence-electron chi connectivity index (χ0n) is 11.0. The number of aliphatic carboxylic acids is 1. The van der Waals surface area contributed by atoms with Crippen LogP contribution < -0.4 is 0 Å². The van der Waals surface area contributed by atoms with Crippen LogP contribution in [-0.4, -0.2) is 22.9 Å². The number of carboxylic acid groups (broad SMARTS) is 1. The molecule has 0 unspecified atom stereocenters. The molecule has 0 aromatic rings. The van der Waals surface area contributed by atoms with Gasteiger partial charge in [-0.05, 0) is 18.3 Å². The molecule has 0 radical (unpaired) electrons. The van der Waals surface area contributed by atoms with E-state index in [0.717, 1.165) is 12.8 Å². The second-order valence-corrected chi connectivity index (χ2v) is 5.13. The van der Waals surface area contributed by atoms with Crippen LogP contribution in [0.25, 0.3) is 0 Å². The number of carbonyl (C=O) groups excluding carboxylic acids is 1. The largest absolute Gasteiger partial charge is 0.481 e. The van der Waals surface area contributed by atoms with E-state index in [2.05, 4.69) is 18.6 Å². The molecular formula is C13H21FO4. The summed E-state index contributed by atoms with van der Waals surface area (Å²) in [7, 11) is 0. The maximum Gasteiger partial charge on any atom is 0.319 e. The molecule has 0 aromatic carbocycles. The fourth-order valence-electron chi connectivity index (χ4n) is 2.58. The molecule has 0 saturated heterocycles. The lowest BCUT2D eigenvalue weighted by Gasteiger charge is -2.41. The molecule has 4 nitrogen and oxygen atoms in total. The first-order valence-corrected chi connectivity index (χ1v) is 6.47. The van der Waals surface area contributed by atoms with Gasteiger partial charge < -0.3 is 9.84 Å². The number of carboxylic acids is 1. The van der Waals surface area contributed by atoms with E-state index >= 15 is 0 Å². The van der Waals surface area contributed by atoms with Crippen LogP contribution >= 0.6 is 0 Å². The summed E-state index contributed by atoms with van der Waals surface area (Å²) >= 11 is 0. The Bertz CT molecular complexity index is 313. The smallest absolute Gasteiger partial charge is 0.319 e. The number of halogens is 1. The number of hydrogen-bond acceptors (Lipinski definition) is 3. The van der Waals surface area contributed by atoms with Crippen molar-refractivity contribution < 1.29 is 23.8 Å². The van der Waals surface area contributed by atoms with E-state index in [0.29, 0.717) is 12.8 Å². The first-order chi connectivity index (χ1) is 8.35. The average Bonchev–Trinajstić information content (AvgIpc) is 2.29. The van der Waals surface area contributed by atoms with Crippen LogP contribution in [0, 0.1) is 5.41 Å². The monoisotopic (exact) mass is 260 g/mol. The lowest BCUT2D eigenvalue weighted by atomic mass is 9.69. The summed E-state index contributed by atoms with van der Waals surface area (Å²) in [6.07, 6.45) is 2.89. The van der Waals surface area contributed by atoms with Crippen molar-refractivity contribution in [2.45, 2.75) is 64.6 Å². The van der Waals surface area contributed by atoms with Gasteiger partial charge in [0.1, 0.15) is 6.42 Å². The van der Waals surface area contributed by atoms with E-state index in [9.17, 15) is 14.0 Å². The van der Waals surface area contributed by atoms with Crippen molar-refractivity contribution >= 4 is 11.9 Å². The summed E-state index contributed by atoms with van der Waals surface area (Å²) < 4.78 is 18.9. The van der Waals surface area contributed by atoms with Crippen molar-refractivity contribution in [2.75, 3.05) is 0 Å². The van der Waals surface area contributed by atoms with E-state index in [4.69, 9.17) is 5.11 Å². The highest BCUT2D eigenvalue weighted by Crippen LogP contribution is 2.47. The summed E-state index contributed by atoms with van der Waals surface area (Å²) in [6, 6.07) is 0. The van der Waals surface area contributed by atoms with Gasteiger partial charge in [-0.3, -0.25) is 9.59 Å². The molecule has 1 fully saturated rings. The van der Waals surface area contributed by atoms with Gasteiger partial charge in [0.15, 0.2) is 0 Å². The topological polar surface area (TPSA) is 63.6 Å². The Balaban J connectivity index is 2.54. The maximum atomic E-state index is 14.3. The normalized spacial score (nSPS) is 21.3. The molecule has 0 spiro atoms. The van der Waals surface area contributed by atoms with Crippen LogP contribution in [0.15, 0.2) is 0 Å². The molecule has 1 saturated carbocycles. The maximum absolute atomic E-state index is 14.3. The van der Waals surface area contributed by atoms with Crippen molar-refractivity contribution in [1.29, 1.82) is 0 Å². The molecule has 1 aliphatic carbocycles. The highest BCUT2D eigenvalue weighted by Gasteiger charge is 2.43. The van der Waals surface area contributed by atoms with E-state index in [1.165, 1.54) is 0 Å². The predicted octanol–water partition coefficient (Wildman–Crippen LogP) is 3.05. The Hall–Kier alpha value is -1.13. The van der Waals surface area contributed by atoms with Gasteiger partial charge in [-0.25, -0.2) is 0 Å². The number of rotatable bonds is 5. The van der Waals surface area contributed by atoms with Crippen molar-refractivity contribution in [3.05, 3.63) is 0 Å². The summed E-state index contributed by atoms with van der Waals surface area (Å²) in [6.45, 7) is 4.18. The van der Waals surface area contributed by atoms with Gasteiger partial charge in [0.25, 0.3) is 5.85 Å². The first kappa shape index (κ1) is 14.9. The molecule has 5 heteroatoms. The third-order valence-electron chi connectivity index (χ3n) is 4.15. The fraction of sp³-hybridized carbons (Fsp3) is 0.846. The zero-order chi connectivity index (χ0) is 13.8. The molecule has 0 amide bonds. The van der Waals surface area contributed by atoms with Crippen molar-refractivity contribution in [2.24, 2.45) is 5.41 Å². The Kier molecular flexibility index (Phi) is 4.71. The molecule has 1 N–H and O–H groups in total. The summed E-state index contributed by atoms with van der Waals surface area (Å²) in [5.41, 5.74) is 0.148. The first-order valence-electron chi connectivity index (χ1n) is 6.47. The van der Waals surface area contributed by atoms with Crippen molar-refractivity contribution in [3.63, 3.8) is 0 Å². The highest BCUT2D eigenvalue weighted by atomic mass is 19.2. The van der Waals surface area contributed by atoms with E-state index in [-0.39, 0.29) is 18.3 Å². The number of carbonyl (C=O) groups is 2. The van der Waals surface area contributed by atoms with Gasteiger partial charge in [-0.15, -0.1) is 0 Å². The minimum absolute atomic E-state index is 0.148. The van der Waals surface area contributed by atoms with Crippen LogP contribution in [0.3, 0.4) is 0 Å². The fourth-order valence-corrected chi connectivity index (χ4v) is 2.58. The molecule has 0 aliphatic heterocycles. The molecule has 1 rings (SSSR count). The van der Waals surface area contributed by atoms with Gasteiger partial charge in [0, 0.05) is 12.8 Å². The summed E-state index contributed by atoms with van der Waals surface area (Å²) in [5.74, 6) is -4.26. The lowest BCUT2D eigenvalue weighted by molar-refractivity contribution is -0.197. The van der Waals surface area contributed by atoms with Crippen molar-refractivity contribution in [3.8, 4) is 0 Å². The van der Waals surface area contributed by atoms with Crippen molar-refractivity contribution in [1.82, 2.24) is 0 Å². The van der Waals surface area contributed by atoms with Gasteiger partial charge >= 0.3 is 11.9 Å². The van der Waals surface area contributed by atoms with Crippen LogP contribution in [0.1, 0.15) is 58.8 Å². The van der Waals surface area contributed by atoms with Gasteiger partial charge in [0.2, 0.25) is 0 Å². The molecule has 0 bridgehead atoms. The van der Waals surface area contributed by atoms with Crippen LogP contribution in [-0.2, 0) is 14.3 Å². The molecule has 0 heterocycles. The van der Waals surface area contributed by atoms with Crippen LogP contribution in [0.4, 0.5) is 4.39 Å². The molecule has 104 valence electrons. The second-order valence-electron chi connectivity index (χ2n) is 5.13. The SMILES string of the molecule is CCC1(CC)CCC(F)(OC(=O)CC(=O)O)CC1. The molecule has 18 heavy (non-hydrogen) atoms. The standard InChI is InChI=1S/C13H21FO4/c1-3-12(4-2)5-7-13(14,8-6-12)18-11(17)9-10(15)16/h3-9H2,1-2H3,(H,15,16). The van der Waals surface area contributed by atoms with Crippen LogP contribution in [0.2, 0.25) is 0 Å². The minimum Gasteiger partial charge on any atom is -0.481 e. The lowest BCUT2D eigenvalue weighted by Crippen LogP contribution is -2.39. The Morgan fingerprint density at radius 3 is 2.06 bits per heavy atom. The van der Waals surface area contributed by atoms with Crippen LogP contribution in [0.5, 0.6) is 0 Å². The number of esters is 1. The predicted molar refractivity (Wildman–Crippen MR) is 63.7 cm³/mol. The minimum atomic E-state index is -1.97. The third kappa shape index (κ3) is 3.68. The van der Waals surface area contributed by atoms with Gasteiger partial charge in [-0.1, -0.05) is 26.7 Å². The average molecular weight is 260 g/mol. The molecular weight excluding hydrogens is 239 g/mol. The summed E-state index contributed by atoms with van der Waals surface area (Å²) in [4.78, 5) is 21.5. The zero-order valence-corrected chi connectivity index (χ0v) is 11.0. The Labute approximate surface area is 107 Å². The molecule has 1 aliphatic rings. The Morgan fingerprint density at radius 1 is 1.17 bits per heavy atom. The highest BCUT2D eigenvalue weighted by molar-refractivity contribution is 5.90. The van der Waals surface area contributed by atoms with Gasteiger partial charge in [-0.2, -0.15) is 4.39 Å². The van der Waals surface area contributed by atoms with E-state index < -0.39 is 24.2 Å². The number of alkyl halides is 1. The van der Waals surface area contributed by atoms with Gasteiger partial charge in [0.05, 0.1) is 0 Å².